The van der Waals surface area contributed by atoms with E-state index in [1.54, 1.807) is 0 Å². The molecule has 0 bridgehead atoms. The second-order valence-electron chi connectivity index (χ2n) is 5.73. The lowest BCUT2D eigenvalue weighted by molar-refractivity contribution is 0.193. The van der Waals surface area contributed by atoms with Gasteiger partial charge in [-0.2, -0.15) is 10.1 Å². The van der Waals surface area contributed by atoms with Crippen LogP contribution in [-0.4, -0.2) is 39.5 Å². The Balaban J connectivity index is 1.64. The molecule has 0 saturated carbocycles. The fourth-order valence-corrected chi connectivity index (χ4v) is 2.87. The standard InChI is InChI=1S/C15H21ClN6O/c1-9-14(16)10(2)22(21-9)5-4-18-13-7-12(19-15(17)20-13)11-3-6-23-8-11/h7,11H,3-6,8H2,1-2H3,(H3,17,18,19,20). The van der Waals surface area contributed by atoms with E-state index in [2.05, 4.69) is 20.4 Å². The predicted octanol–water partition coefficient (Wildman–Crippen LogP) is 2.14. The molecule has 1 fully saturated rings. The Morgan fingerprint density at radius 3 is 2.91 bits per heavy atom. The number of nitrogens with zero attached hydrogens (tertiary/aromatic N) is 4. The van der Waals surface area contributed by atoms with Gasteiger partial charge in [0, 0.05) is 25.1 Å². The summed E-state index contributed by atoms with van der Waals surface area (Å²) in [5.41, 5.74) is 8.57. The van der Waals surface area contributed by atoms with Gasteiger partial charge in [-0.25, -0.2) is 4.98 Å². The van der Waals surface area contributed by atoms with Crippen LogP contribution in [0.2, 0.25) is 5.02 Å². The highest BCUT2D eigenvalue weighted by Gasteiger charge is 2.20. The first-order valence-electron chi connectivity index (χ1n) is 7.70. The van der Waals surface area contributed by atoms with Crippen LogP contribution in [0.3, 0.4) is 0 Å². The van der Waals surface area contributed by atoms with E-state index in [9.17, 15) is 0 Å². The van der Waals surface area contributed by atoms with Crippen LogP contribution in [0.1, 0.15) is 29.4 Å². The monoisotopic (exact) mass is 336 g/mol. The molecule has 3 heterocycles. The van der Waals surface area contributed by atoms with Gasteiger partial charge in [-0.05, 0) is 20.3 Å². The van der Waals surface area contributed by atoms with Gasteiger partial charge < -0.3 is 15.8 Å². The molecule has 2 aromatic rings. The summed E-state index contributed by atoms with van der Waals surface area (Å²) in [4.78, 5) is 8.56. The van der Waals surface area contributed by atoms with E-state index in [1.165, 1.54) is 0 Å². The van der Waals surface area contributed by atoms with Crippen molar-refractivity contribution in [2.45, 2.75) is 32.7 Å². The summed E-state index contributed by atoms with van der Waals surface area (Å²) in [6.07, 6.45) is 0.972. The van der Waals surface area contributed by atoms with Crippen LogP contribution in [0.4, 0.5) is 11.8 Å². The van der Waals surface area contributed by atoms with E-state index < -0.39 is 0 Å². The van der Waals surface area contributed by atoms with E-state index in [-0.39, 0.29) is 5.95 Å². The highest BCUT2D eigenvalue weighted by atomic mass is 35.5. The maximum atomic E-state index is 6.16. The third-order valence-corrected chi connectivity index (χ3v) is 4.58. The molecule has 23 heavy (non-hydrogen) atoms. The lowest BCUT2D eigenvalue weighted by Gasteiger charge is -2.12. The highest BCUT2D eigenvalue weighted by molar-refractivity contribution is 6.31. The minimum Gasteiger partial charge on any atom is -0.381 e. The van der Waals surface area contributed by atoms with Crippen LogP contribution in [-0.2, 0) is 11.3 Å². The summed E-state index contributed by atoms with van der Waals surface area (Å²) >= 11 is 6.16. The lowest BCUT2D eigenvalue weighted by atomic mass is 10.0. The zero-order valence-corrected chi connectivity index (χ0v) is 14.1. The summed E-state index contributed by atoms with van der Waals surface area (Å²) in [6.45, 7) is 6.71. The maximum Gasteiger partial charge on any atom is 0.222 e. The minimum atomic E-state index is 0.283. The zero-order chi connectivity index (χ0) is 16.4. The molecule has 1 aliphatic heterocycles. The van der Waals surface area contributed by atoms with E-state index in [4.69, 9.17) is 22.1 Å². The Kier molecular flexibility index (Phi) is 4.68. The molecule has 8 heteroatoms. The van der Waals surface area contributed by atoms with Gasteiger partial charge in [0.2, 0.25) is 5.95 Å². The number of hydrogen-bond acceptors (Lipinski definition) is 6. The van der Waals surface area contributed by atoms with Crippen molar-refractivity contribution in [1.29, 1.82) is 0 Å². The first-order chi connectivity index (χ1) is 11.0. The van der Waals surface area contributed by atoms with E-state index in [0.29, 0.717) is 25.6 Å². The number of hydrogen-bond donors (Lipinski definition) is 2. The molecule has 3 N–H and O–H groups in total. The largest absolute Gasteiger partial charge is 0.381 e. The van der Waals surface area contributed by atoms with Gasteiger partial charge in [0.25, 0.3) is 0 Å². The normalized spacial score (nSPS) is 17.6. The molecule has 0 aliphatic carbocycles. The van der Waals surface area contributed by atoms with Gasteiger partial charge >= 0.3 is 0 Å². The number of anilines is 2. The molecular weight excluding hydrogens is 316 g/mol. The molecule has 1 aliphatic rings. The quantitative estimate of drug-likeness (QED) is 0.869. The van der Waals surface area contributed by atoms with Gasteiger partial charge in [0.15, 0.2) is 0 Å². The average molecular weight is 337 g/mol. The second-order valence-corrected chi connectivity index (χ2v) is 6.11. The molecule has 1 unspecified atom stereocenters. The summed E-state index contributed by atoms with van der Waals surface area (Å²) in [5.74, 6) is 1.31. The Labute approximate surface area is 140 Å². The van der Waals surface area contributed by atoms with E-state index in [0.717, 1.165) is 40.9 Å². The molecule has 1 atom stereocenters. The summed E-state index contributed by atoms with van der Waals surface area (Å²) in [7, 11) is 0. The molecule has 0 spiro atoms. The third kappa shape index (κ3) is 3.56. The first-order valence-corrected chi connectivity index (χ1v) is 8.08. The Hall–Kier alpha value is -1.86. The Morgan fingerprint density at radius 2 is 2.26 bits per heavy atom. The predicted molar refractivity (Wildman–Crippen MR) is 89.8 cm³/mol. The van der Waals surface area contributed by atoms with Crippen molar-refractivity contribution in [3.63, 3.8) is 0 Å². The molecule has 0 aromatic carbocycles. The number of halogens is 1. The molecule has 2 aromatic heterocycles. The van der Waals surface area contributed by atoms with Crippen molar-refractivity contribution in [2.75, 3.05) is 30.8 Å². The number of rotatable bonds is 5. The summed E-state index contributed by atoms with van der Waals surface area (Å²) < 4.78 is 7.30. The van der Waals surface area contributed by atoms with Crippen molar-refractivity contribution in [2.24, 2.45) is 0 Å². The minimum absolute atomic E-state index is 0.283. The number of nitrogens with one attached hydrogen (secondary N) is 1. The zero-order valence-electron chi connectivity index (χ0n) is 13.3. The summed E-state index contributed by atoms with van der Waals surface area (Å²) in [6, 6.07) is 1.95. The van der Waals surface area contributed by atoms with Crippen molar-refractivity contribution in [3.05, 3.63) is 28.2 Å². The number of aromatic nitrogens is 4. The second kappa shape index (κ2) is 6.72. The fraction of sp³-hybridized carbons (Fsp3) is 0.533. The number of nitrogens with two attached hydrogens (primary N) is 1. The smallest absolute Gasteiger partial charge is 0.222 e. The van der Waals surface area contributed by atoms with Crippen molar-refractivity contribution in [3.8, 4) is 0 Å². The van der Waals surface area contributed by atoms with Gasteiger partial charge in [0.05, 0.1) is 35.3 Å². The first kappa shape index (κ1) is 16.0. The van der Waals surface area contributed by atoms with Crippen LogP contribution in [0.25, 0.3) is 0 Å². The average Bonchev–Trinajstić information content (AvgIpc) is 3.13. The van der Waals surface area contributed by atoms with Gasteiger partial charge in [-0.1, -0.05) is 11.6 Å². The molecule has 0 amide bonds. The Bertz CT molecular complexity index is 696. The van der Waals surface area contributed by atoms with Gasteiger partial charge in [-0.3, -0.25) is 4.68 Å². The molecule has 0 radical (unpaired) electrons. The third-order valence-electron chi connectivity index (χ3n) is 4.03. The highest BCUT2D eigenvalue weighted by Crippen LogP contribution is 2.25. The number of aryl methyl sites for hydroxylation is 1. The van der Waals surface area contributed by atoms with Crippen LogP contribution in [0.5, 0.6) is 0 Å². The van der Waals surface area contributed by atoms with Crippen LogP contribution < -0.4 is 11.1 Å². The molecule has 7 nitrogen and oxygen atoms in total. The summed E-state index contributed by atoms with van der Waals surface area (Å²) in [5, 5.41) is 8.41. The van der Waals surface area contributed by atoms with Crippen LogP contribution >= 0.6 is 11.6 Å². The van der Waals surface area contributed by atoms with Gasteiger partial charge in [0.1, 0.15) is 5.82 Å². The van der Waals surface area contributed by atoms with Gasteiger partial charge in [-0.15, -0.1) is 0 Å². The van der Waals surface area contributed by atoms with Crippen molar-refractivity contribution >= 4 is 23.4 Å². The Morgan fingerprint density at radius 1 is 1.43 bits per heavy atom. The number of ether oxygens (including phenoxy) is 1. The molecule has 1 saturated heterocycles. The fourth-order valence-electron chi connectivity index (χ4n) is 2.74. The van der Waals surface area contributed by atoms with Crippen LogP contribution in [0.15, 0.2) is 6.07 Å². The number of nitrogen functional groups attached to an aromatic ring is 1. The van der Waals surface area contributed by atoms with E-state index >= 15 is 0 Å². The van der Waals surface area contributed by atoms with Crippen molar-refractivity contribution in [1.82, 2.24) is 19.7 Å². The lowest BCUT2D eigenvalue weighted by Crippen LogP contribution is -2.15. The maximum absolute atomic E-state index is 6.16. The van der Waals surface area contributed by atoms with E-state index in [1.807, 2.05) is 24.6 Å². The molecule has 3 rings (SSSR count). The SMILES string of the molecule is Cc1nn(CCNc2cc(C3CCOC3)nc(N)n2)c(C)c1Cl. The van der Waals surface area contributed by atoms with Crippen molar-refractivity contribution < 1.29 is 4.74 Å². The topological polar surface area (TPSA) is 90.9 Å². The van der Waals surface area contributed by atoms with Crippen LogP contribution in [0, 0.1) is 13.8 Å². The molecular formula is C15H21ClN6O. The molecule has 124 valence electrons.